The van der Waals surface area contributed by atoms with E-state index in [2.05, 4.69) is 39.8 Å². The summed E-state index contributed by atoms with van der Waals surface area (Å²) in [6, 6.07) is 10.3. The first-order chi connectivity index (χ1) is 16.2. The second-order valence-electron chi connectivity index (χ2n) is 9.59. The molecule has 3 aliphatic heterocycles. The Labute approximate surface area is 197 Å². The van der Waals surface area contributed by atoms with E-state index in [0.29, 0.717) is 12.5 Å². The quantitative estimate of drug-likeness (QED) is 0.708. The molecule has 1 aromatic carbocycles. The number of carbonyl (C=O) groups excluding carboxylic acids is 1. The first-order valence-corrected chi connectivity index (χ1v) is 12.6. The molecular formula is C26H36N6O. The number of hydrogen-bond acceptors (Lipinski definition) is 6. The number of fused-ring (bicyclic) bond motifs is 1. The summed E-state index contributed by atoms with van der Waals surface area (Å²) in [6.07, 6.45) is 6.10. The van der Waals surface area contributed by atoms with Crippen LogP contribution in [0.4, 0.5) is 5.82 Å². The summed E-state index contributed by atoms with van der Waals surface area (Å²) < 4.78 is 0. The number of nitrogens with zero attached hydrogens (tertiary/aromatic N) is 4. The molecule has 1 amide bonds. The minimum atomic E-state index is -0.0931. The van der Waals surface area contributed by atoms with Gasteiger partial charge in [-0.25, -0.2) is 9.97 Å². The monoisotopic (exact) mass is 448 g/mol. The summed E-state index contributed by atoms with van der Waals surface area (Å²) in [4.78, 5) is 28.2. The van der Waals surface area contributed by atoms with Crippen molar-refractivity contribution in [1.82, 2.24) is 25.1 Å². The zero-order valence-corrected chi connectivity index (χ0v) is 19.7. The van der Waals surface area contributed by atoms with Gasteiger partial charge in [-0.2, -0.15) is 0 Å². The lowest BCUT2D eigenvalue weighted by Gasteiger charge is -2.35. The molecule has 5 rings (SSSR count). The Morgan fingerprint density at radius 2 is 1.88 bits per heavy atom. The Kier molecular flexibility index (Phi) is 6.88. The van der Waals surface area contributed by atoms with Gasteiger partial charge in [0.25, 0.3) is 0 Å². The maximum absolute atomic E-state index is 13.8. The molecule has 0 bridgehead atoms. The van der Waals surface area contributed by atoms with Gasteiger partial charge in [0.2, 0.25) is 5.91 Å². The van der Waals surface area contributed by atoms with Gasteiger partial charge in [0, 0.05) is 31.5 Å². The number of nitrogens with one attached hydrogen (secondary N) is 2. The number of likely N-dealkylation sites (tertiary alicyclic amines) is 1. The second-order valence-corrected chi connectivity index (χ2v) is 9.59. The van der Waals surface area contributed by atoms with Crippen LogP contribution in [0.5, 0.6) is 0 Å². The maximum Gasteiger partial charge on any atom is 0.240 e. The first-order valence-electron chi connectivity index (χ1n) is 12.6. The third kappa shape index (κ3) is 4.89. The largest absolute Gasteiger partial charge is 0.373 e. The number of anilines is 1. The number of hydrogen-bond donors (Lipinski definition) is 2. The van der Waals surface area contributed by atoms with E-state index in [0.717, 1.165) is 81.3 Å². The van der Waals surface area contributed by atoms with E-state index < -0.39 is 0 Å². The zero-order chi connectivity index (χ0) is 22.6. The van der Waals surface area contributed by atoms with Crippen molar-refractivity contribution in [2.75, 3.05) is 45.1 Å². The smallest absolute Gasteiger partial charge is 0.240 e. The highest BCUT2D eigenvalue weighted by atomic mass is 16.2. The van der Waals surface area contributed by atoms with E-state index in [-0.39, 0.29) is 11.9 Å². The lowest BCUT2D eigenvalue weighted by atomic mass is 9.96. The Bertz CT molecular complexity index is 936. The van der Waals surface area contributed by atoms with Crippen LogP contribution in [0.3, 0.4) is 0 Å². The zero-order valence-electron chi connectivity index (χ0n) is 19.7. The van der Waals surface area contributed by atoms with Gasteiger partial charge in [-0.3, -0.25) is 9.69 Å². The molecule has 1 unspecified atom stereocenters. The summed E-state index contributed by atoms with van der Waals surface area (Å²) in [5, 5.41) is 6.73. The van der Waals surface area contributed by atoms with Crippen LogP contribution in [0.25, 0.3) is 0 Å². The molecule has 2 saturated heterocycles. The van der Waals surface area contributed by atoms with Gasteiger partial charge in [-0.15, -0.1) is 0 Å². The number of piperidine rings is 1. The average molecular weight is 449 g/mol. The molecule has 0 radical (unpaired) electrons. The standard InChI is InChI=1S/C26H36N6O/c1-27-25-21-18-32(16-11-22(21)29-24(30-25)20-9-12-28-13-10-20)26(33)23(31-14-5-6-15-31)17-19-7-3-2-4-8-19/h2-4,7-8,20,23,28H,5-6,9-18H2,1H3,(H,27,29,30). The van der Waals surface area contributed by atoms with E-state index in [4.69, 9.17) is 9.97 Å². The summed E-state index contributed by atoms with van der Waals surface area (Å²) in [5.41, 5.74) is 3.44. The Hall–Kier alpha value is -2.51. The predicted octanol–water partition coefficient (Wildman–Crippen LogP) is 2.58. The minimum absolute atomic E-state index is 0.0931. The highest BCUT2D eigenvalue weighted by molar-refractivity contribution is 5.82. The molecule has 1 aromatic heterocycles. The van der Waals surface area contributed by atoms with Gasteiger partial charge in [-0.1, -0.05) is 30.3 Å². The molecular weight excluding hydrogens is 412 g/mol. The fraction of sp³-hybridized carbons (Fsp3) is 0.577. The molecule has 176 valence electrons. The molecule has 0 aliphatic carbocycles. The lowest BCUT2D eigenvalue weighted by molar-refractivity contribution is -0.137. The third-order valence-electron chi connectivity index (χ3n) is 7.47. The van der Waals surface area contributed by atoms with Crippen molar-refractivity contribution in [2.24, 2.45) is 0 Å². The van der Waals surface area contributed by atoms with Crippen molar-refractivity contribution in [3.05, 3.63) is 53.0 Å². The molecule has 0 saturated carbocycles. The van der Waals surface area contributed by atoms with E-state index in [1.165, 1.54) is 18.4 Å². The normalized spacial score (nSPS) is 20.5. The first kappa shape index (κ1) is 22.3. The molecule has 0 spiro atoms. The fourth-order valence-corrected chi connectivity index (χ4v) is 5.56. The molecule has 7 nitrogen and oxygen atoms in total. The average Bonchev–Trinajstić information content (AvgIpc) is 3.42. The van der Waals surface area contributed by atoms with Crippen molar-refractivity contribution in [1.29, 1.82) is 0 Å². The third-order valence-corrected chi connectivity index (χ3v) is 7.47. The Morgan fingerprint density at radius 1 is 1.12 bits per heavy atom. The van der Waals surface area contributed by atoms with Crippen LogP contribution < -0.4 is 10.6 Å². The molecule has 33 heavy (non-hydrogen) atoms. The van der Waals surface area contributed by atoms with Gasteiger partial charge in [0.05, 0.1) is 18.3 Å². The molecule has 3 aliphatic rings. The van der Waals surface area contributed by atoms with Crippen LogP contribution in [0, 0.1) is 0 Å². The van der Waals surface area contributed by atoms with Crippen molar-refractivity contribution in [3.8, 4) is 0 Å². The maximum atomic E-state index is 13.8. The van der Waals surface area contributed by atoms with E-state index >= 15 is 0 Å². The van der Waals surface area contributed by atoms with Gasteiger partial charge >= 0.3 is 0 Å². The molecule has 4 heterocycles. The van der Waals surface area contributed by atoms with Crippen LogP contribution in [0.2, 0.25) is 0 Å². The fourth-order valence-electron chi connectivity index (χ4n) is 5.56. The topological polar surface area (TPSA) is 73.4 Å². The molecule has 2 fully saturated rings. The lowest BCUT2D eigenvalue weighted by Crippen LogP contribution is -2.50. The van der Waals surface area contributed by atoms with E-state index in [1.54, 1.807) is 0 Å². The van der Waals surface area contributed by atoms with Crippen LogP contribution in [0.1, 0.15) is 54.2 Å². The van der Waals surface area contributed by atoms with Crippen molar-refractivity contribution >= 4 is 11.7 Å². The second kappa shape index (κ2) is 10.2. The molecule has 2 N–H and O–H groups in total. The van der Waals surface area contributed by atoms with Crippen molar-refractivity contribution in [2.45, 2.75) is 57.0 Å². The molecule has 1 atom stereocenters. The number of benzene rings is 1. The highest BCUT2D eigenvalue weighted by Crippen LogP contribution is 2.30. The van der Waals surface area contributed by atoms with Gasteiger partial charge in [-0.05, 0) is 63.8 Å². The van der Waals surface area contributed by atoms with Crippen LogP contribution >= 0.6 is 0 Å². The Morgan fingerprint density at radius 3 is 2.61 bits per heavy atom. The SMILES string of the molecule is CNc1nc(C2CCNCC2)nc2c1CN(C(=O)C(Cc1ccccc1)N1CCCC1)CC2. The van der Waals surface area contributed by atoms with Crippen LogP contribution in [-0.4, -0.2) is 71.5 Å². The minimum Gasteiger partial charge on any atom is -0.373 e. The number of aromatic nitrogens is 2. The number of carbonyl (C=O) groups is 1. The molecule has 2 aromatic rings. The van der Waals surface area contributed by atoms with E-state index in [1.807, 2.05) is 18.0 Å². The van der Waals surface area contributed by atoms with Gasteiger partial charge in [0.1, 0.15) is 11.6 Å². The van der Waals surface area contributed by atoms with Crippen molar-refractivity contribution in [3.63, 3.8) is 0 Å². The summed E-state index contributed by atoms with van der Waals surface area (Å²) in [7, 11) is 1.93. The predicted molar refractivity (Wildman–Crippen MR) is 130 cm³/mol. The highest BCUT2D eigenvalue weighted by Gasteiger charge is 2.34. The van der Waals surface area contributed by atoms with Crippen LogP contribution in [-0.2, 0) is 24.2 Å². The molecule has 7 heteroatoms. The van der Waals surface area contributed by atoms with Crippen LogP contribution in [0.15, 0.2) is 30.3 Å². The summed E-state index contributed by atoms with van der Waals surface area (Å²) in [5.74, 6) is 2.54. The number of amides is 1. The van der Waals surface area contributed by atoms with Gasteiger partial charge in [0.15, 0.2) is 0 Å². The number of rotatable bonds is 6. The van der Waals surface area contributed by atoms with Crippen molar-refractivity contribution < 1.29 is 4.79 Å². The Balaban J connectivity index is 1.36. The summed E-state index contributed by atoms with van der Waals surface area (Å²) >= 11 is 0. The van der Waals surface area contributed by atoms with E-state index in [9.17, 15) is 4.79 Å². The van der Waals surface area contributed by atoms with Gasteiger partial charge < -0.3 is 15.5 Å². The summed E-state index contributed by atoms with van der Waals surface area (Å²) in [6.45, 7) is 5.41.